The van der Waals surface area contributed by atoms with Gasteiger partial charge in [0.25, 0.3) is 0 Å². The van der Waals surface area contributed by atoms with Gasteiger partial charge in [0.2, 0.25) is 5.43 Å². The van der Waals surface area contributed by atoms with Gasteiger partial charge in [-0.25, -0.2) is 4.79 Å². The lowest BCUT2D eigenvalue weighted by Gasteiger charge is -2.07. The second kappa shape index (κ2) is 5.48. The third-order valence-electron chi connectivity index (χ3n) is 2.84. The maximum Gasteiger partial charge on any atom is 0.333 e. The molecule has 0 bridgehead atoms. The van der Waals surface area contributed by atoms with E-state index < -0.39 is 0 Å². The highest BCUT2D eigenvalue weighted by Gasteiger charge is 2.04. The van der Waals surface area contributed by atoms with E-state index in [0.717, 1.165) is 5.52 Å². The summed E-state index contributed by atoms with van der Waals surface area (Å²) in [4.78, 5) is 22.9. The number of rotatable bonds is 3. The Labute approximate surface area is 110 Å². The van der Waals surface area contributed by atoms with Crippen molar-refractivity contribution in [1.29, 1.82) is 0 Å². The third kappa shape index (κ3) is 2.70. The number of hydrogen-bond donors (Lipinski definition) is 0. The highest BCUT2D eigenvalue weighted by atomic mass is 16.5. The minimum Gasteiger partial charge on any atom is -0.466 e. The number of hydrogen-bond acceptors (Lipinski definition) is 4. The molecule has 0 fully saturated rings. The second-order valence-electron chi connectivity index (χ2n) is 4.09. The summed E-state index contributed by atoms with van der Waals surface area (Å²) in [5.74, 6) is -0.370. The summed E-state index contributed by atoms with van der Waals surface area (Å²) >= 11 is 0. The average molecular weight is 258 g/mol. The summed E-state index contributed by atoms with van der Waals surface area (Å²) in [7, 11) is 1.34. The van der Waals surface area contributed by atoms with Crippen molar-refractivity contribution in [1.82, 2.24) is 9.78 Å². The van der Waals surface area contributed by atoms with Gasteiger partial charge in [0, 0.05) is 11.0 Å². The number of carbonyl (C=O) groups is 1. The lowest BCUT2D eigenvalue weighted by atomic mass is 10.2. The van der Waals surface area contributed by atoms with E-state index in [4.69, 9.17) is 0 Å². The predicted octanol–water partition coefficient (Wildman–Crippen LogP) is 1.52. The van der Waals surface area contributed by atoms with Crippen LogP contribution < -0.4 is 5.43 Å². The van der Waals surface area contributed by atoms with Gasteiger partial charge in [-0.2, -0.15) is 5.10 Å². The van der Waals surface area contributed by atoms with Crippen molar-refractivity contribution in [3.63, 3.8) is 0 Å². The number of benzene rings is 1. The first-order chi connectivity index (χ1) is 9.13. The molecule has 0 saturated carbocycles. The number of methoxy groups -OCH3 is 1. The molecule has 0 N–H and O–H groups in total. The van der Waals surface area contributed by atoms with Gasteiger partial charge < -0.3 is 4.74 Å². The van der Waals surface area contributed by atoms with Crippen LogP contribution in [0.2, 0.25) is 0 Å². The van der Waals surface area contributed by atoms with Gasteiger partial charge in [0.05, 0.1) is 25.4 Å². The van der Waals surface area contributed by atoms with Gasteiger partial charge in [-0.05, 0) is 19.1 Å². The minimum atomic E-state index is -0.370. The Kier molecular flexibility index (Phi) is 3.75. The number of carbonyl (C=O) groups excluding carboxylic acids is 1. The summed E-state index contributed by atoms with van der Waals surface area (Å²) in [6, 6.07) is 7.23. The first-order valence-electron chi connectivity index (χ1n) is 5.83. The molecule has 1 aromatic heterocycles. The number of allylic oxidation sites excluding steroid dienone is 1. The SMILES string of the molecule is COC(=O)C(C)=CCn1ncc(=O)c2ccccc21. The van der Waals surface area contributed by atoms with Crippen LogP contribution in [0.5, 0.6) is 0 Å². The lowest BCUT2D eigenvalue weighted by molar-refractivity contribution is -0.136. The first kappa shape index (κ1) is 13.0. The fourth-order valence-electron chi connectivity index (χ4n) is 1.77. The summed E-state index contributed by atoms with van der Waals surface area (Å²) in [6.07, 6.45) is 3.00. The fraction of sp³-hybridized carbons (Fsp3) is 0.214. The minimum absolute atomic E-state index is 0.111. The van der Waals surface area contributed by atoms with Gasteiger partial charge in [-0.3, -0.25) is 9.48 Å². The Morgan fingerprint density at radius 2 is 2.16 bits per heavy atom. The Bertz CT molecular complexity index is 701. The highest BCUT2D eigenvalue weighted by molar-refractivity contribution is 5.87. The molecule has 2 aromatic rings. The van der Waals surface area contributed by atoms with Crippen LogP contribution in [0.25, 0.3) is 10.9 Å². The van der Waals surface area contributed by atoms with Crippen molar-refractivity contribution >= 4 is 16.9 Å². The van der Waals surface area contributed by atoms with Gasteiger partial charge >= 0.3 is 5.97 Å². The zero-order chi connectivity index (χ0) is 13.8. The monoisotopic (exact) mass is 258 g/mol. The molecule has 0 radical (unpaired) electrons. The standard InChI is InChI=1S/C14H14N2O3/c1-10(14(18)19-2)7-8-16-12-6-4-3-5-11(12)13(17)9-15-16/h3-7,9H,8H2,1-2H3. The van der Waals surface area contributed by atoms with E-state index in [0.29, 0.717) is 17.5 Å². The smallest absolute Gasteiger partial charge is 0.333 e. The zero-order valence-corrected chi connectivity index (χ0v) is 10.8. The molecule has 0 spiro atoms. The van der Waals surface area contributed by atoms with Crippen molar-refractivity contribution in [3.8, 4) is 0 Å². The topological polar surface area (TPSA) is 61.2 Å². The van der Waals surface area contributed by atoms with Crippen molar-refractivity contribution in [3.05, 3.63) is 52.3 Å². The number of ether oxygens (including phenoxy) is 1. The first-order valence-corrected chi connectivity index (χ1v) is 5.83. The molecule has 2 rings (SSSR count). The van der Waals surface area contributed by atoms with E-state index >= 15 is 0 Å². The zero-order valence-electron chi connectivity index (χ0n) is 10.8. The number of aromatic nitrogens is 2. The van der Waals surface area contributed by atoms with Crippen LogP contribution in [-0.2, 0) is 16.1 Å². The molecule has 0 unspecified atom stereocenters. The number of nitrogens with zero attached hydrogens (tertiary/aromatic N) is 2. The molecular weight excluding hydrogens is 244 g/mol. The van der Waals surface area contributed by atoms with Crippen LogP contribution in [0, 0.1) is 0 Å². The summed E-state index contributed by atoms with van der Waals surface area (Å²) in [6.45, 7) is 2.08. The molecule has 0 amide bonds. The second-order valence-corrected chi connectivity index (χ2v) is 4.09. The van der Waals surface area contributed by atoms with Crippen LogP contribution in [0.4, 0.5) is 0 Å². The predicted molar refractivity (Wildman–Crippen MR) is 71.8 cm³/mol. The molecule has 1 heterocycles. The summed E-state index contributed by atoms with van der Waals surface area (Å²) in [5, 5.41) is 4.68. The lowest BCUT2D eigenvalue weighted by Crippen LogP contribution is -2.12. The van der Waals surface area contributed by atoms with Crippen LogP contribution >= 0.6 is 0 Å². The van der Waals surface area contributed by atoms with Crippen LogP contribution in [0.15, 0.2) is 46.9 Å². The summed E-state index contributed by atoms with van der Waals surface area (Å²) in [5.41, 5.74) is 1.14. The van der Waals surface area contributed by atoms with E-state index in [-0.39, 0.29) is 11.4 Å². The summed E-state index contributed by atoms with van der Waals surface area (Å²) < 4.78 is 6.29. The van der Waals surface area contributed by atoms with E-state index in [1.807, 2.05) is 18.2 Å². The number of fused-ring (bicyclic) bond motifs is 1. The largest absolute Gasteiger partial charge is 0.466 e. The normalized spacial score (nSPS) is 11.6. The molecule has 5 nitrogen and oxygen atoms in total. The number of esters is 1. The van der Waals surface area contributed by atoms with Crippen LogP contribution in [0.3, 0.4) is 0 Å². The molecule has 5 heteroatoms. The van der Waals surface area contributed by atoms with Gasteiger partial charge in [0.1, 0.15) is 0 Å². The quantitative estimate of drug-likeness (QED) is 0.618. The molecule has 0 aliphatic carbocycles. The van der Waals surface area contributed by atoms with E-state index in [2.05, 4.69) is 9.84 Å². The van der Waals surface area contributed by atoms with Crippen LogP contribution in [0.1, 0.15) is 6.92 Å². The molecule has 0 aliphatic rings. The molecule has 98 valence electrons. The van der Waals surface area contributed by atoms with Gasteiger partial charge in [-0.1, -0.05) is 18.2 Å². The van der Waals surface area contributed by atoms with Gasteiger partial charge in [-0.15, -0.1) is 0 Å². The Hall–Kier alpha value is -2.43. The Morgan fingerprint density at radius 3 is 2.89 bits per heavy atom. The van der Waals surface area contributed by atoms with E-state index in [1.165, 1.54) is 13.3 Å². The molecule has 19 heavy (non-hydrogen) atoms. The van der Waals surface area contributed by atoms with Crippen molar-refractivity contribution in [2.45, 2.75) is 13.5 Å². The molecule has 0 aliphatic heterocycles. The highest BCUT2D eigenvalue weighted by Crippen LogP contribution is 2.08. The Balaban J connectivity index is 2.40. The van der Waals surface area contributed by atoms with Crippen molar-refractivity contribution < 1.29 is 9.53 Å². The van der Waals surface area contributed by atoms with Crippen molar-refractivity contribution in [2.24, 2.45) is 0 Å². The Morgan fingerprint density at radius 1 is 1.42 bits per heavy atom. The fourth-order valence-corrected chi connectivity index (χ4v) is 1.77. The molecule has 0 atom stereocenters. The molecular formula is C14H14N2O3. The number of para-hydroxylation sites is 1. The molecule has 0 saturated heterocycles. The maximum atomic E-state index is 11.7. The third-order valence-corrected chi connectivity index (χ3v) is 2.84. The van der Waals surface area contributed by atoms with Gasteiger partial charge in [0.15, 0.2) is 0 Å². The van der Waals surface area contributed by atoms with Crippen molar-refractivity contribution in [2.75, 3.05) is 7.11 Å². The van der Waals surface area contributed by atoms with E-state index in [1.54, 1.807) is 23.7 Å². The average Bonchev–Trinajstić information content (AvgIpc) is 2.45. The van der Waals surface area contributed by atoms with E-state index in [9.17, 15) is 9.59 Å². The molecule has 1 aromatic carbocycles. The maximum absolute atomic E-state index is 11.7. The van der Waals surface area contributed by atoms with Crippen LogP contribution in [-0.4, -0.2) is 22.9 Å².